The molecule has 1 aliphatic rings. The van der Waals surface area contributed by atoms with Gasteiger partial charge in [0.15, 0.2) is 0 Å². The second-order valence-electron chi connectivity index (χ2n) is 4.00. The number of nitro groups is 1. The van der Waals surface area contributed by atoms with Crippen LogP contribution >= 0.6 is 11.6 Å². The summed E-state index contributed by atoms with van der Waals surface area (Å²) in [7, 11) is 0. The molecule has 1 saturated carbocycles. The van der Waals surface area contributed by atoms with Gasteiger partial charge in [0.1, 0.15) is 5.69 Å². The van der Waals surface area contributed by atoms with Gasteiger partial charge in [-0.15, -0.1) is 0 Å². The summed E-state index contributed by atoms with van der Waals surface area (Å²) in [5.41, 5.74) is 1.97. The van der Waals surface area contributed by atoms with E-state index in [1.165, 1.54) is 6.07 Å². The first-order valence-electron chi connectivity index (χ1n) is 5.28. The molecule has 0 radical (unpaired) electrons. The van der Waals surface area contributed by atoms with E-state index < -0.39 is 4.92 Å². The second kappa shape index (κ2) is 4.79. The number of nitrogens with zero attached hydrogens (tertiary/aromatic N) is 1. The number of hydrazine groups is 1. The lowest BCUT2D eigenvalue weighted by Gasteiger charge is -2.08. The number of nitrogens with one attached hydrogen (secondary N) is 2. The number of halogens is 1. The number of hydrogen-bond acceptors (Lipinski definition) is 5. The maximum atomic E-state index is 11.8. The quantitative estimate of drug-likeness (QED) is 0.435. The van der Waals surface area contributed by atoms with Gasteiger partial charge < -0.3 is 10.7 Å². The van der Waals surface area contributed by atoms with Gasteiger partial charge in [-0.1, -0.05) is 11.6 Å². The summed E-state index contributed by atoms with van der Waals surface area (Å²) in [5, 5.41) is 13.6. The lowest BCUT2D eigenvalue weighted by Crippen LogP contribution is -2.25. The SMILES string of the molecule is NNc1c(Cl)cc(C(=O)NC2CC2)cc1[N+](=O)[O-]. The average Bonchev–Trinajstić information content (AvgIpc) is 3.11. The maximum absolute atomic E-state index is 11.8. The summed E-state index contributed by atoms with van der Waals surface area (Å²) in [4.78, 5) is 22.0. The predicted molar refractivity (Wildman–Crippen MR) is 66.4 cm³/mol. The molecule has 0 aliphatic heterocycles. The third-order valence-corrected chi connectivity index (χ3v) is 2.88. The summed E-state index contributed by atoms with van der Waals surface area (Å²) >= 11 is 5.85. The third kappa shape index (κ3) is 2.52. The fraction of sp³-hybridized carbons (Fsp3) is 0.300. The van der Waals surface area contributed by atoms with Gasteiger partial charge in [-0.3, -0.25) is 20.8 Å². The van der Waals surface area contributed by atoms with Crippen molar-refractivity contribution in [3.05, 3.63) is 32.8 Å². The summed E-state index contributed by atoms with van der Waals surface area (Å²) in [5.74, 6) is 4.80. The van der Waals surface area contributed by atoms with E-state index in [0.717, 1.165) is 18.9 Å². The number of hydrogen-bond donors (Lipinski definition) is 3. The van der Waals surface area contributed by atoms with Crippen LogP contribution in [0.3, 0.4) is 0 Å². The van der Waals surface area contributed by atoms with Crippen LogP contribution in [0.1, 0.15) is 23.2 Å². The molecule has 1 aromatic rings. The Morgan fingerprint density at radius 2 is 2.17 bits per heavy atom. The number of benzene rings is 1. The minimum absolute atomic E-state index is 0.00959. The minimum Gasteiger partial charge on any atom is -0.349 e. The molecule has 1 aromatic carbocycles. The van der Waals surface area contributed by atoms with Crippen LogP contribution in [0.4, 0.5) is 11.4 Å². The van der Waals surface area contributed by atoms with Crippen molar-refractivity contribution in [3.63, 3.8) is 0 Å². The Hall–Kier alpha value is -1.86. The molecule has 1 aliphatic carbocycles. The van der Waals surface area contributed by atoms with Crippen LogP contribution in [0.25, 0.3) is 0 Å². The van der Waals surface area contributed by atoms with Crippen molar-refractivity contribution in [1.29, 1.82) is 0 Å². The first-order chi connectivity index (χ1) is 8.52. The first kappa shape index (κ1) is 12.6. The molecule has 1 fully saturated rings. The highest BCUT2D eigenvalue weighted by Gasteiger charge is 2.26. The van der Waals surface area contributed by atoms with E-state index in [4.69, 9.17) is 17.4 Å². The van der Waals surface area contributed by atoms with Gasteiger partial charge in [-0.2, -0.15) is 0 Å². The van der Waals surface area contributed by atoms with E-state index in [2.05, 4.69) is 10.7 Å². The molecule has 0 bridgehead atoms. The summed E-state index contributed by atoms with van der Waals surface area (Å²) in [6, 6.07) is 2.67. The average molecular weight is 271 g/mol. The molecule has 7 nitrogen and oxygen atoms in total. The van der Waals surface area contributed by atoms with E-state index >= 15 is 0 Å². The van der Waals surface area contributed by atoms with Crippen LogP contribution in [-0.4, -0.2) is 16.9 Å². The lowest BCUT2D eigenvalue weighted by molar-refractivity contribution is -0.384. The molecule has 0 atom stereocenters. The van der Waals surface area contributed by atoms with Gasteiger partial charge in [0, 0.05) is 17.7 Å². The molecule has 4 N–H and O–H groups in total. The Morgan fingerprint density at radius 1 is 1.50 bits per heavy atom. The number of carbonyl (C=O) groups excluding carboxylic acids is 1. The molecule has 2 rings (SSSR count). The van der Waals surface area contributed by atoms with Crippen molar-refractivity contribution in [2.45, 2.75) is 18.9 Å². The number of nitrogens with two attached hydrogens (primary N) is 1. The zero-order valence-corrected chi connectivity index (χ0v) is 10.0. The molecule has 0 saturated heterocycles. The van der Waals surface area contributed by atoms with Crippen molar-refractivity contribution in [1.82, 2.24) is 5.32 Å². The highest BCUT2D eigenvalue weighted by atomic mass is 35.5. The normalized spacial score (nSPS) is 14.1. The Morgan fingerprint density at radius 3 is 2.67 bits per heavy atom. The van der Waals surface area contributed by atoms with Crippen LogP contribution in [0.2, 0.25) is 5.02 Å². The van der Waals surface area contributed by atoms with E-state index in [-0.39, 0.29) is 33.9 Å². The largest absolute Gasteiger partial charge is 0.349 e. The van der Waals surface area contributed by atoms with Crippen LogP contribution in [0, 0.1) is 10.1 Å². The third-order valence-electron chi connectivity index (χ3n) is 2.59. The number of anilines is 1. The van der Waals surface area contributed by atoms with E-state index in [1.807, 2.05) is 0 Å². The molecular weight excluding hydrogens is 260 g/mol. The Bertz CT molecular complexity index is 516. The first-order valence-corrected chi connectivity index (χ1v) is 5.66. The summed E-state index contributed by atoms with van der Waals surface area (Å²) in [6.07, 6.45) is 1.87. The van der Waals surface area contributed by atoms with Gasteiger partial charge in [-0.05, 0) is 18.9 Å². The number of carbonyl (C=O) groups is 1. The van der Waals surface area contributed by atoms with Gasteiger partial charge in [0.2, 0.25) is 0 Å². The predicted octanol–water partition coefficient (Wildman–Crippen LogP) is 1.43. The molecule has 0 aromatic heterocycles. The summed E-state index contributed by atoms with van der Waals surface area (Å²) in [6.45, 7) is 0. The van der Waals surface area contributed by atoms with Crippen molar-refractivity contribution < 1.29 is 9.72 Å². The fourth-order valence-corrected chi connectivity index (χ4v) is 1.78. The van der Waals surface area contributed by atoms with Crippen molar-refractivity contribution >= 4 is 28.9 Å². The topological polar surface area (TPSA) is 110 Å². The highest BCUT2D eigenvalue weighted by molar-refractivity contribution is 6.34. The van der Waals surface area contributed by atoms with Crippen LogP contribution in [-0.2, 0) is 0 Å². The molecule has 18 heavy (non-hydrogen) atoms. The molecule has 0 spiro atoms. The van der Waals surface area contributed by atoms with Crippen molar-refractivity contribution in [3.8, 4) is 0 Å². The Balaban J connectivity index is 2.36. The fourth-order valence-electron chi connectivity index (χ4n) is 1.51. The van der Waals surface area contributed by atoms with Gasteiger partial charge in [0.25, 0.3) is 11.6 Å². The number of nitrogen functional groups attached to an aromatic ring is 1. The minimum atomic E-state index is -0.644. The highest BCUT2D eigenvalue weighted by Crippen LogP contribution is 2.33. The van der Waals surface area contributed by atoms with Gasteiger partial charge in [0.05, 0.1) is 9.95 Å². The number of rotatable bonds is 4. The van der Waals surface area contributed by atoms with Crippen molar-refractivity contribution in [2.24, 2.45) is 5.84 Å². The molecule has 1 amide bonds. The van der Waals surface area contributed by atoms with Gasteiger partial charge in [-0.25, -0.2) is 0 Å². The second-order valence-corrected chi connectivity index (χ2v) is 4.41. The van der Waals surface area contributed by atoms with E-state index in [9.17, 15) is 14.9 Å². The Kier molecular flexibility index (Phi) is 3.35. The zero-order chi connectivity index (χ0) is 13.3. The molecule has 8 heteroatoms. The lowest BCUT2D eigenvalue weighted by atomic mass is 10.1. The maximum Gasteiger partial charge on any atom is 0.295 e. The van der Waals surface area contributed by atoms with Crippen molar-refractivity contribution in [2.75, 3.05) is 5.43 Å². The van der Waals surface area contributed by atoms with Crippen LogP contribution < -0.4 is 16.6 Å². The molecule has 0 unspecified atom stereocenters. The monoisotopic (exact) mass is 270 g/mol. The molecule has 96 valence electrons. The molecular formula is C10H11ClN4O3. The van der Waals surface area contributed by atoms with Crippen LogP contribution in [0.15, 0.2) is 12.1 Å². The molecule has 0 heterocycles. The summed E-state index contributed by atoms with van der Waals surface area (Å²) < 4.78 is 0. The zero-order valence-electron chi connectivity index (χ0n) is 9.27. The number of amides is 1. The van der Waals surface area contributed by atoms with E-state index in [0.29, 0.717) is 0 Å². The van der Waals surface area contributed by atoms with Crippen LogP contribution in [0.5, 0.6) is 0 Å². The van der Waals surface area contributed by atoms with E-state index in [1.54, 1.807) is 0 Å². The smallest absolute Gasteiger partial charge is 0.295 e. The Labute approximate surface area is 107 Å². The standard InChI is InChI=1S/C10H11ClN4O3/c11-7-3-5(10(16)13-6-1-2-6)4-8(15(17)18)9(7)14-12/h3-4,6,14H,1-2,12H2,(H,13,16). The number of nitro benzene ring substituents is 1. The van der Waals surface area contributed by atoms with Gasteiger partial charge >= 0.3 is 0 Å².